The van der Waals surface area contributed by atoms with Gasteiger partial charge in [0.2, 0.25) is 0 Å². The van der Waals surface area contributed by atoms with Crippen LogP contribution in [0.25, 0.3) is 11.4 Å². The number of nitrogens with one attached hydrogen (secondary N) is 1. The number of hydrogen-bond donors (Lipinski definition) is 1. The van der Waals surface area contributed by atoms with Crippen LogP contribution in [0.1, 0.15) is 33.4 Å². The van der Waals surface area contributed by atoms with Crippen molar-refractivity contribution < 1.29 is 0 Å². The van der Waals surface area contributed by atoms with Crippen molar-refractivity contribution in [1.29, 1.82) is 0 Å². The second-order valence-electron chi connectivity index (χ2n) is 5.73. The molecule has 0 fully saturated rings. The maximum atomic E-state index is 12.4. The van der Waals surface area contributed by atoms with Crippen LogP contribution in [0.3, 0.4) is 0 Å². The normalized spacial score (nSPS) is 11.8. The second kappa shape index (κ2) is 4.97. The Bertz CT molecular complexity index is 747. The molecule has 0 saturated carbocycles. The van der Waals surface area contributed by atoms with E-state index in [1.165, 1.54) is 4.68 Å². The number of aromatic nitrogens is 5. The van der Waals surface area contributed by atoms with E-state index in [1.54, 1.807) is 17.7 Å². The van der Waals surface area contributed by atoms with E-state index in [0.29, 0.717) is 22.7 Å². The molecular weight excluding hydrogens is 274 g/mol. The van der Waals surface area contributed by atoms with E-state index in [0.717, 1.165) is 5.69 Å². The summed E-state index contributed by atoms with van der Waals surface area (Å²) in [5.41, 5.74) is 1.06. The van der Waals surface area contributed by atoms with E-state index < -0.39 is 0 Å². The van der Waals surface area contributed by atoms with E-state index in [2.05, 4.69) is 36.1 Å². The van der Waals surface area contributed by atoms with Crippen molar-refractivity contribution in [2.24, 2.45) is 7.05 Å². The van der Waals surface area contributed by atoms with E-state index in [4.69, 9.17) is 12.2 Å². The molecule has 0 amide bonds. The molecule has 1 N–H and O–H groups in total. The summed E-state index contributed by atoms with van der Waals surface area (Å²) in [5, 5.41) is 11.3. The third kappa shape index (κ3) is 2.45. The van der Waals surface area contributed by atoms with Gasteiger partial charge in [-0.3, -0.25) is 9.89 Å². The van der Waals surface area contributed by atoms with Gasteiger partial charge in [0.15, 0.2) is 10.6 Å². The standard InChI is InChI=1S/C13H19N5OS/c1-6-18-11(19)8(7-9(16-18)13(2,3)4)10-14-15-12(20)17(10)5/h7H,6H2,1-5H3,(H,15,20). The smallest absolute Gasteiger partial charge is 0.277 e. The Morgan fingerprint density at radius 1 is 1.40 bits per heavy atom. The number of rotatable bonds is 2. The molecule has 0 spiro atoms. The zero-order chi connectivity index (χ0) is 15.1. The first-order chi connectivity index (χ1) is 9.25. The first-order valence-corrected chi connectivity index (χ1v) is 6.91. The Morgan fingerprint density at radius 3 is 2.50 bits per heavy atom. The maximum Gasteiger partial charge on any atom is 0.277 e. The first-order valence-electron chi connectivity index (χ1n) is 6.50. The summed E-state index contributed by atoms with van der Waals surface area (Å²) >= 11 is 5.11. The fourth-order valence-electron chi connectivity index (χ4n) is 1.87. The van der Waals surface area contributed by atoms with E-state index in [1.807, 2.05) is 6.92 Å². The van der Waals surface area contributed by atoms with Crippen molar-refractivity contribution >= 4 is 12.2 Å². The number of aromatic amines is 1. The van der Waals surface area contributed by atoms with Gasteiger partial charge in [0.25, 0.3) is 5.56 Å². The Balaban J connectivity index is 2.79. The lowest BCUT2D eigenvalue weighted by Gasteiger charge is -2.19. The maximum absolute atomic E-state index is 12.4. The molecule has 0 radical (unpaired) electrons. The zero-order valence-electron chi connectivity index (χ0n) is 12.4. The monoisotopic (exact) mass is 293 g/mol. The molecule has 0 aliphatic heterocycles. The number of H-pyrrole nitrogens is 1. The summed E-state index contributed by atoms with van der Waals surface area (Å²) in [6.07, 6.45) is 0. The quantitative estimate of drug-likeness (QED) is 0.860. The second-order valence-corrected chi connectivity index (χ2v) is 6.11. The summed E-state index contributed by atoms with van der Waals surface area (Å²) in [6.45, 7) is 8.60. The molecule has 2 aromatic rings. The van der Waals surface area contributed by atoms with Crippen molar-refractivity contribution in [3.05, 3.63) is 26.9 Å². The summed E-state index contributed by atoms with van der Waals surface area (Å²) in [4.78, 5) is 12.4. The van der Waals surface area contributed by atoms with Crippen LogP contribution < -0.4 is 5.56 Å². The summed E-state index contributed by atoms with van der Waals surface area (Å²) in [7, 11) is 1.79. The van der Waals surface area contributed by atoms with E-state index in [-0.39, 0.29) is 11.0 Å². The molecule has 0 aliphatic rings. The van der Waals surface area contributed by atoms with Gasteiger partial charge < -0.3 is 4.57 Å². The van der Waals surface area contributed by atoms with Gasteiger partial charge in [-0.15, -0.1) is 0 Å². The van der Waals surface area contributed by atoms with Crippen LogP contribution in [0.5, 0.6) is 0 Å². The number of nitrogens with zero attached hydrogens (tertiary/aromatic N) is 4. The van der Waals surface area contributed by atoms with Gasteiger partial charge in [-0.1, -0.05) is 20.8 Å². The van der Waals surface area contributed by atoms with Gasteiger partial charge in [-0.25, -0.2) is 4.68 Å². The third-order valence-electron chi connectivity index (χ3n) is 3.16. The third-order valence-corrected chi connectivity index (χ3v) is 3.53. The van der Waals surface area contributed by atoms with Gasteiger partial charge >= 0.3 is 0 Å². The topological polar surface area (TPSA) is 68.5 Å². The van der Waals surface area contributed by atoms with Crippen LogP contribution in [-0.4, -0.2) is 24.5 Å². The molecule has 2 aromatic heterocycles. The van der Waals surface area contributed by atoms with Crippen LogP contribution in [0.4, 0.5) is 0 Å². The molecule has 0 saturated heterocycles. The zero-order valence-corrected chi connectivity index (χ0v) is 13.2. The van der Waals surface area contributed by atoms with Crippen LogP contribution in [0.2, 0.25) is 0 Å². The predicted octanol–water partition coefficient (Wildman–Crippen LogP) is 2.02. The Hall–Kier alpha value is -1.76. The Morgan fingerprint density at radius 2 is 2.05 bits per heavy atom. The minimum Gasteiger partial charge on any atom is -0.303 e. The minimum absolute atomic E-state index is 0.148. The van der Waals surface area contributed by atoms with Gasteiger partial charge in [0.1, 0.15) is 0 Å². The molecule has 6 nitrogen and oxygen atoms in total. The highest BCUT2D eigenvalue weighted by Crippen LogP contribution is 2.22. The molecule has 0 unspecified atom stereocenters. The SMILES string of the molecule is CCn1nc(C(C)(C)C)cc(-c2n[nH]c(=S)n2C)c1=O. The van der Waals surface area contributed by atoms with Gasteiger partial charge in [-0.05, 0) is 25.2 Å². The summed E-state index contributed by atoms with van der Waals surface area (Å²) in [5.74, 6) is 0.537. The van der Waals surface area contributed by atoms with Crippen molar-refractivity contribution in [2.45, 2.75) is 39.7 Å². The molecule has 7 heteroatoms. The Kier molecular flexibility index (Phi) is 3.64. The highest BCUT2D eigenvalue weighted by molar-refractivity contribution is 7.71. The predicted molar refractivity (Wildman–Crippen MR) is 80.3 cm³/mol. The largest absolute Gasteiger partial charge is 0.303 e. The molecule has 2 heterocycles. The molecule has 0 aliphatic carbocycles. The van der Waals surface area contributed by atoms with Crippen LogP contribution in [0.15, 0.2) is 10.9 Å². The molecular formula is C13H19N5OS. The van der Waals surface area contributed by atoms with E-state index >= 15 is 0 Å². The fourth-order valence-corrected chi connectivity index (χ4v) is 2.00. The molecule has 20 heavy (non-hydrogen) atoms. The number of hydrogen-bond acceptors (Lipinski definition) is 4. The van der Waals surface area contributed by atoms with E-state index in [9.17, 15) is 4.79 Å². The van der Waals surface area contributed by atoms with Crippen molar-refractivity contribution in [3.8, 4) is 11.4 Å². The van der Waals surface area contributed by atoms with Crippen molar-refractivity contribution in [3.63, 3.8) is 0 Å². The fraction of sp³-hybridized carbons (Fsp3) is 0.538. The molecule has 108 valence electrons. The van der Waals surface area contributed by atoms with Crippen LogP contribution in [-0.2, 0) is 19.0 Å². The number of aryl methyl sites for hydroxylation is 1. The van der Waals surface area contributed by atoms with Crippen LogP contribution >= 0.6 is 12.2 Å². The molecule has 2 rings (SSSR count). The average Bonchev–Trinajstić information content (AvgIpc) is 2.69. The highest BCUT2D eigenvalue weighted by atomic mass is 32.1. The van der Waals surface area contributed by atoms with Crippen molar-refractivity contribution in [1.82, 2.24) is 24.5 Å². The lowest BCUT2D eigenvalue weighted by molar-refractivity contribution is 0.512. The summed E-state index contributed by atoms with van der Waals surface area (Å²) in [6, 6.07) is 1.80. The lowest BCUT2D eigenvalue weighted by atomic mass is 9.91. The molecule has 0 bridgehead atoms. The van der Waals surface area contributed by atoms with Crippen LogP contribution in [0, 0.1) is 4.77 Å². The molecule has 0 atom stereocenters. The highest BCUT2D eigenvalue weighted by Gasteiger charge is 2.21. The minimum atomic E-state index is -0.155. The first kappa shape index (κ1) is 14.6. The van der Waals surface area contributed by atoms with Gasteiger partial charge in [0.05, 0.1) is 11.3 Å². The summed E-state index contributed by atoms with van der Waals surface area (Å²) < 4.78 is 3.64. The molecule has 0 aromatic carbocycles. The average molecular weight is 293 g/mol. The van der Waals surface area contributed by atoms with Gasteiger partial charge in [0, 0.05) is 19.0 Å². The lowest BCUT2D eigenvalue weighted by Crippen LogP contribution is -2.29. The van der Waals surface area contributed by atoms with Crippen molar-refractivity contribution in [2.75, 3.05) is 0 Å². The Labute approximate surface area is 122 Å². The van der Waals surface area contributed by atoms with Gasteiger partial charge in [-0.2, -0.15) is 10.2 Å².